The van der Waals surface area contributed by atoms with Gasteiger partial charge in [0.05, 0.1) is 27.4 Å². The number of thiophene rings is 1. The monoisotopic (exact) mass is 613 g/mol. The Kier molecular flexibility index (Phi) is 5.14. The van der Waals surface area contributed by atoms with Crippen molar-refractivity contribution in [1.82, 2.24) is 0 Å². The van der Waals surface area contributed by atoms with Crippen molar-refractivity contribution in [3.63, 3.8) is 0 Å². The van der Waals surface area contributed by atoms with Crippen molar-refractivity contribution in [2.45, 2.75) is 37.8 Å². The van der Waals surface area contributed by atoms with E-state index in [1.54, 1.807) is 24.5 Å². The molecule has 1 atom stereocenters. The average Bonchev–Trinajstić information content (AvgIpc) is 3.65. The fraction of sp³-hybridized carbons (Fsp3) is 0.176. The Morgan fingerprint density at radius 1 is 0.833 bits per heavy atom. The predicted octanol–water partition coefficient (Wildman–Crippen LogP) is 10.3. The zero-order valence-electron chi connectivity index (χ0n) is 22.7. The molecule has 8 heteroatoms. The van der Waals surface area contributed by atoms with Crippen molar-refractivity contribution in [2.24, 2.45) is 0 Å². The summed E-state index contributed by atoms with van der Waals surface area (Å²) in [5, 5.41) is 1.49. The molecule has 8 rings (SSSR count). The van der Waals surface area contributed by atoms with Crippen molar-refractivity contribution >= 4 is 78.9 Å². The van der Waals surface area contributed by atoms with E-state index in [0.717, 1.165) is 33.3 Å². The molecule has 0 amide bonds. The highest BCUT2D eigenvalue weighted by Crippen LogP contribution is 2.64. The second-order valence-electron chi connectivity index (χ2n) is 11.7. The molecule has 0 radical (unpaired) electrons. The molecule has 0 spiro atoms. The van der Waals surface area contributed by atoms with Crippen LogP contribution in [0.3, 0.4) is 0 Å². The minimum atomic E-state index is -4.53. The first-order chi connectivity index (χ1) is 19.9. The van der Waals surface area contributed by atoms with Gasteiger partial charge in [-0.3, -0.25) is 0 Å². The third kappa shape index (κ3) is 3.15. The van der Waals surface area contributed by atoms with Crippen LogP contribution in [0.1, 0.15) is 59.0 Å². The summed E-state index contributed by atoms with van der Waals surface area (Å²) in [7, 11) is 0. The molecule has 2 aliphatic heterocycles. The summed E-state index contributed by atoms with van der Waals surface area (Å²) >= 11 is 13.0. The first-order valence-corrected chi connectivity index (χ1v) is 15.1. The Hall–Kier alpha value is -3.59. The number of furan rings is 1. The summed E-state index contributed by atoms with van der Waals surface area (Å²) in [4.78, 5) is 3.88. The standard InChI is InChI=1S/C34H22F3NOS3/c1-32(2)22-7-4-5-10-26(22)38-28-23(32)8-6-9-24(28)33(3,34(35,36)37)25-15-18(42-31(25)38)14-21-29(40)19-13-17-11-12-39-27(17)16-20(19)30(21)41/h4-16H,1-3H3/b21-14-. The lowest BCUT2D eigenvalue weighted by Gasteiger charge is -2.49. The van der Waals surface area contributed by atoms with Crippen molar-refractivity contribution in [2.75, 3.05) is 4.90 Å². The largest absolute Gasteiger partial charge is 0.464 e. The maximum Gasteiger partial charge on any atom is 0.402 e. The van der Waals surface area contributed by atoms with Gasteiger partial charge in [-0.25, -0.2) is 0 Å². The second-order valence-corrected chi connectivity index (χ2v) is 13.6. The maximum absolute atomic E-state index is 15.3. The summed E-state index contributed by atoms with van der Waals surface area (Å²) in [5.74, 6) is 0. The fourth-order valence-corrected chi connectivity index (χ4v) is 8.82. The molecule has 4 heterocycles. The Bertz CT molecular complexity index is 2030. The van der Waals surface area contributed by atoms with Crippen LogP contribution < -0.4 is 4.90 Å². The molecule has 2 aromatic heterocycles. The van der Waals surface area contributed by atoms with Gasteiger partial charge < -0.3 is 9.32 Å². The topological polar surface area (TPSA) is 16.4 Å². The van der Waals surface area contributed by atoms with E-state index in [9.17, 15) is 0 Å². The van der Waals surface area contributed by atoms with Gasteiger partial charge in [-0.15, -0.1) is 11.3 Å². The van der Waals surface area contributed by atoms with E-state index >= 15 is 13.2 Å². The van der Waals surface area contributed by atoms with Gasteiger partial charge in [0.1, 0.15) is 16.0 Å². The van der Waals surface area contributed by atoms with E-state index in [1.165, 1.54) is 18.3 Å². The number of benzene rings is 3. The van der Waals surface area contributed by atoms with Crippen LogP contribution in [0.5, 0.6) is 0 Å². The number of thiocarbonyl (C=S) groups is 2. The van der Waals surface area contributed by atoms with Crippen molar-refractivity contribution in [3.05, 3.63) is 117 Å². The van der Waals surface area contributed by atoms with Crippen LogP contribution in [0.2, 0.25) is 0 Å². The molecule has 5 aromatic rings. The molecule has 1 unspecified atom stereocenters. The third-order valence-electron chi connectivity index (χ3n) is 9.19. The summed E-state index contributed by atoms with van der Waals surface area (Å²) in [6.45, 7) is 5.48. The number of hydrogen-bond donors (Lipinski definition) is 0. The van der Waals surface area contributed by atoms with E-state index in [2.05, 4.69) is 19.9 Å². The van der Waals surface area contributed by atoms with Gasteiger partial charge in [0.2, 0.25) is 0 Å². The Labute approximate surface area is 255 Å². The van der Waals surface area contributed by atoms with Gasteiger partial charge in [-0.1, -0.05) is 74.7 Å². The highest BCUT2D eigenvalue weighted by atomic mass is 32.1. The zero-order chi connectivity index (χ0) is 29.3. The van der Waals surface area contributed by atoms with Gasteiger partial charge >= 0.3 is 6.18 Å². The molecule has 1 aliphatic carbocycles. The molecule has 0 bridgehead atoms. The SMILES string of the molecule is CC1(C)c2ccccc2N2c3sc(/C=C4/C(=S)c5cc6ccoc6cc5C4=S)cc3C(C)(C(F)(F)F)c3cccc1c32. The van der Waals surface area contributed by atoms with Crippen LogP contribution in [0.4, 0.5) is 29.5 Å². The molecule has 0 saturated carbocycles. The van der Waals surface area contributed by atoms with Crippen LogP contribution >= 0.6 is 35.8 Å². The average molecular weight is 614 g/mol. The normalized spacial score (nSPS) is 21.0. The molecular weight excluding hydrogens is 592 g/mol. The smallest absolute Gasteiger partial charge is 0.402 e. The van der Waals surface area contributed by atoms with E-state index < -0.39 is 17.0 Å². The molecule has 42 heavy (non-hydrogen) atoms. The predicted molar refractivity (Wildman–Crippen MR) is 171 cm³/mol. The maximum atomic E-state index is 15.3. The third-order valence-corrected chi connectivity index (χ3v) is 11.1. The van der Waals surface area contributed by atoms with Gasteiger partial charge in [0.25, 0.3) is 0 Å². The fourth-order valence-electron chi connectivity index (χ4n) is 6.86. The van der Waals surface area contributed by atoms with Crippen LogP contribution in [-0.2, 0) is 10.8 Å². The molecular formula is C34H22F3NOS3. The van der Waals surface area contributed by atoms with Gasteiger partial charge in [-0.2, -0.15) is 13.2 Å². The van der Waals surface area contributed by atoms with Gasteiger partial charge in [-0.05, 0) is 60.0 Å². The Morgan fingerprint density at radius 2 is 1.52 bits per heavy atom. The molecule has 0 fully saturated rings. The number of anilines is 3. The summed E-state index contributed by atoms with van der Waals surface area (Å²) in [5.41, 5.74) is 4.34. The van der Waals surface area contributed by atoms with Crippen molar-refractivity contribution in [3.8, 4) is 0 Å². The highest BCUT2D eigenvalue weighted by Gasteiger charge is 2.60. The molecule has 208 valence electrons. The number of halogens is 3. The quantitative estimate of drug-likeness (QED) is 0.138. The van der Waals surface area contributed by atoms with Crippen molar-refractivity contribution < 1.29 is 17.6 Å². The lowest BCUT2D eigenvalue weighted by molar-refractivity contribution is -0.173. The number of fused-ring (bicyclic) bond motifs is 6. The van der Waals surface area contributed by atoms with Crippen LogP contribution in [0.25, 0.3) is 17.0 Å². The van der Waals surface area contributed by atoms with E-state index in [-0.39, 0.29) is 11.1 Å². The van der Waals surface area contributed by atoms with E-state index in [4.69, 9.17) is 28.9 Å². The van der Waals surface area contributed by atoms with Crippen LogP contribution in [-0.4, -0.2) is 15.9 Å². The molecule has 2 nitrogen and oxygen atoms in total. The van der Waals surface area contributed by atoms with E-state index in [0.29, 0.717) is 36.5 Å². The number of nitrogens with zero attached hydrogens (tertiary/aromatic N) is 1. The first kappa shape index (κ1) is 26.1. The van der Waals surface area contributed by atoms with Gasteiger partial charge in [0, 0.05) is 37.9 Å². The summed E-state index contributed by atoms with van der Waals surface area (Å²) in [6, 6.07) is 20.8. The summed E-state index contributed by atoms with van der Waals surface area (Å²) < 4.78 is 51.5. The zero-order valence-corrected chi connectivity index (χ0v) is 25.2. The lowest BCUT2D eigenvalue weighted by atomic mass is 9.66. The lowest BCUT2D eigenvalue weighted by Crippen LogP contribution is -2.46. The Balaban J connectivity index is 1.37. The molecule has 3 aliphatic rings. The number of allylic oxidation sites excluding steroid dienone is 1. The number of alkyl halides is 3. The summed E-state index contributed by atoms with van der Waals surface area (Å²) in [6.07, 6.45) is -1.05. The number of rotatable bonds is 1. The second kappa shape index (κ2) is 8.28. The minimum absolute atomic E-state index is 0.232. The number of para-hydroxylation sites is 2. The highest BCUT2D eigenvalue weighted by molar-refractivity contribution is 7.84. The van der Waals surface area contributed by atoms with Crippen molar-refractivity contribution in [1.29, 1.82) is 0 Å². The Morgan fingerprint density at radius 3 is 2.29 bits per heavy atom. The minimum Gasteiger partial charge on any atom is -0.464 e. The van der Waals surface area contributed by atoms with Crippen LogP contribution in [0.15, 0.2) is 83.0 Å². The van der Waals surface area contributed by atoms with Crippen LogP contribution in [0, 0.1) is 0 Å². The van der Waals surface area contributed by atoms with Gasteiger partial charge in [0.15, 0.2) is 0 Å². The molecule has 0 N–H and O–H groups in total. The molecule has 0 saturated heterocycles. The number of hydrogen-bond acceptors (Lipinski definition) is 5. The van der Waals surface area contributed by atoms with E-state index in [1.807, 2.05) is 53.4 Å². The first-order valence-electron chi connectivity index (χ1n) is 13.5. The molecule has 3 aromatic carbocycles.